The molecular formula is C12H16N4O. The van der Waals surface area contributed by atoms with Gasteiger partial charge in [-0.2, -0.15) is 5.26 Å². The molecular weight excluding hydrogens is 216 g/mol. The van der Waals surface area contributed by atoms with Gasteiger partial charge >= 0.3 is 0 Å². The predicted octanol–water partition coefficient (Wildman–Crippen LogP) is 0.237. The quantitative estimate of drug-likeness (QED) is 0.805. The lowest BCUT2D eigenvalue weighted by atomic mass is 10.3. The van der Waals surface area contributed by atoms with Crippen LogP contribution in [0, 0.1) is 11.3 Å². The SMILES string of the molecule is N#Cc1ccc(OCCN2CCNCC2)cn1. The Morgan fingerprint density at radius 3 is 2.88 bits per heavy atom. The Bertz CT molecular complexity index is 378. The second-order valence-electron chi connectivity index (χ2n) is 3.93. The first-order valence-corrected chi connectivity index (χ1v) is 5.80. The zero-order chi connectivity index (χ0) is 11.9. The summed E-state index contributed by atoms with van der Waals surface area (Å²) in [6.45, 7) is 5.86. The monoisotopic (exact) mass is 232 g/mol. The fourth-order valence-electron chi connectivity index (χ4n) is 1.76. The Morgan fingerprint density at radius 1 is 1.41 bits per heavy atom. The molecule has 0 bridgehead atoms. The molecule has 0 saturated carbocycles. The molecule has 1 saturated heterocycles. The largest absolute Gasteiger partial charge is 0.491 e. The van der Waals surface area contributed by atoms with Crippen LogP contribution in [-0.4, -0.2) is 49.2 Å². The van der Waals surface area contributed by atoms with E-state index in [2.05, 4.69) is 15.2 Å². The van der Waals surface area contributed by atoms with Gasteiger partial charge in [0, 0.05) is 32.7 Å². The Hall–Kier alpha value is -1.64. The number of aromatic nitrogens is 1. The number of pyridine rings is 1. The highest BCUT2D eigenvalue weighted by molar-refractivity contribution is 5.26. The standard InChI is InChI=1S/C12H16N4O/c13-9-11-1-2-12(10-15-11)17-8-7-16-5-3-14-4-6-16/h1-2,10,14H,3-8H2. The van der Waals surface area contributed by atoms with Gasteiger partial charge in [-0.05, 0) is 12.1 Å². The highest BCUT2D eigenvalue weighted by Crippen LogP contribution is 2.08. The first kappa shape index (κ1) is 11.8. The molecule has 5 heteroatoms. The number of nitrogens with one attached hydrogen (secondary N) is 1. The van der Waals surface area contributed by atoms with Crippen LogP contribution in [0.25, 0.3) is 0 Å². The van der Waals surface area contributed by atoms with E-state index in [0.717, 1.165) is 38.5 Å². The molecule has 90 valence electrons. The summed E-state index contributed by atoms with van der Waals surface area (Å²) >= 11 is 0. The predicted molar refractivity (Wildman–Crippen MR) is 63.8 cm³/mol. The van der Waals surface area contributed by atoms with E-state index in [1.54, 1.807) is 18.3 Å². The van der Waals surface area contributed by atoms with Crippen LogP contribution in [0.3, 0.4) is 0 Å². The van der Waals surface area contributed by atoms with Gasteiger partial charge in [0.15, 0.2) is 0 Å². The van der Waals surface area contributed by atoms with Crippen LogP contribution in [0.4, 0.5) is 0 Å². The van der Waals surface area contributed by atoms with Gasteiger partial charge in [-0.15, -0.1) is 0 Å². The Balaban J connectivity index is 1.72. The third kappa shape index (κ3) is 3.70. The Labute approximate surface area is 101 Å². The van der Waals surface area contributed by atoms with Crippen molar-refractivity contribution in [2.45, 2.75) is 0 Å². The number of nitrogens with zero attached hydrogens (tertiary/aromatic N) is 3. The van der Waals surface area contributed by atoms with E-state index in [0.29, 0.717) is 12.3 Å². The van der Waals surface area contributed by atoms with Gasteiger partial charge in [0.05, 0.1) is 6.20 Å². The summed E-state index contributed by atoms with van der Waals surface area (Å²) < 4.78 is 5.57. The van der Waals surface area contributed by atoms with E-state index in [-0.39, 0.29) is 0 Å². The molecule has 1 aliphatic heterocycles. The van der Waals surface area contributed by atoms with Gasteiger partial charge in [-0.1, -0.05) is 0 Å². The van der Waals surface area contributed by atoms with E-state index in [4.69, 9.17) is 10.00 Å². The lowest BCUT2D eigenvalue weighted by molar-refractivity contribution is 0.191. The van der Waals surface area contributed by atoms with Crippen molar-refractivity contribution in [1.82, 2.24) is 15.2 Å². The third-order valence-corrected chi connectivity index (χ3v) is 2.74. The zero-order valence-corrected chi connectivity index (χ0v) is 9.72. The molecule has 0 aromatic carbocycles. The molecule has 0 radical (unpaired) electrons. The molecule has 0 amide bonds. The Morgan fingerprint density at radius 2 is 2.24 bits per heavy atom. The van der Waals surface area contributed by atoms with Crippen molar-refractivity contribution < 1.29 is 4.74 Å². The molecule has 1 aliphatic rings. The molecule has 0 atom stereocenters. The molecule has 0 aliphatic carbocycles. The maximum Gasteiger partial charge on any atom is 0.140 e. The van der Waals surface area contributed by atoms with Crippen LogP contribution in [0.2, 0.25) is 0 Å². The lowest BCUT2D eigenvalue weighted by Gasteiger charge is -2.26. The molecule has 1 aromatic heterocycles. The number of rotatable bonds is 4. The van der Waals surface area contributed by atoms with Crippen LogP contribution in [-0.2, 0) is 0 Å². The van der Waals surface area contributed by atoms with Gasteiger partial charge in [0.25, 0.3) is 0 Å². The van der Waals surface area contributed by atoms with Crippen LogP contribution < -0.4 is 10.1 Å². The maximum atomic E-state index is 8.61. The number of hydrogen-bond acceptors (Lipinski definition) is 5. The second-order valence-corrected chi connectivity index (χ2v) is 3.93. The summed E-state index contributed by atoms with van der Waals surface area (Å²) in [7, 11) is 0. The van der Waals surface area contributed by atoms with Crippen molar-refractivity contribution in [3.05, 3.63) is 24.0 Å². The van der Waals surface area contributed by atoms with Crippen molar-refractivity contribution in [2.24, 2.45) is 0 Å². The molecule has 0 unspecified atom stereocenters. The smallest absolute Gasteiger partial charge is 0.140 e. The lowest BCUT2D eigenvalue weighted by Crippen LogP contribution is -2.44. The molecule has 2 heterocycles. The van der Waals surface area contributed by atoms with Gasteiger partial charge in [-0.25, -0.2) is 4.98 Å². The minimum absolute atomic E-state index is 0.416. The summed E-state index contributed by atoms with van der Waals surface area (Å²) in [6, 6.07) is 5.43. The van der Waals surface area contributed by atoms with Crippen LogP contribution in [0.15, 0.2) is 18.3 Å². The summed E-state index contributed by atoms with van der Waals surface area (Å²) in [4.78, 5) is 6.32. The first-order valence-electron chi connectivity index (χ1n) is 5.80. The van der Waals surface area contributed by atoms with E-state index < -0.39 is 0 Å². The molecule has 2 rings (SSSR count). The normalized spacial score (nSPS) is 16.4. The number of nitriles is 1. The third-order valence-electron chi connectivity index (χ3n) is 2.74. The molecule has 5 nitrogen and oxygen atoms in total. The van der Waals surface area contributed by atoms with Crippen LogP contribution in [0.5, 0.6) is 5.75 Å². The molecule has 1 N–H and O–H groups in total. The highest BCUT2D eigenvalue weighted by atomic mass is 16.5. The van der Waals surface area contributed by atoms with Gasteiger partial charge < -0.3 is 10.1 Å². The summed E-state index contributed by atoms with van der Waals surface area (Å²) in [6.07, 6.45) is 1.59. The fraction of sp³-hybridized carbons (Fsp3) is 0.500. The van der Waals surface area contributed by atoms with Crippen molar-refractivity contribution >= 4 is 0 Å². The molecule has 1 aromatic rings. The zero-order valence-electron chi connectivity index (χ0n) is 9.72. The van der Waals surface area contributed by atoms with Crippen molar-refractivity contribution in [2.75, 3.05) is 39.3 Å². The van der Waals surface area contributed by atoms with Crippen LogP contribution >= 0.6 is 0 Å². The molecule has 0 spiro atoms. The minimum atomic E-state index is 0.416. The van der Waals surface area contributed by atoms with Crippen LogP contribution in [0.1, 0.15) is 5.69 Å². The number of piperazine rings is 1. The average molecular weight is 232 g/mol. The second kappa shape index (κ2) is 6.18. The topological polar surface area (TPSA) is 61.2 Å². The molecule has 17 heavy (non-hydrogen) atoms. The summed E-state index contributed by atoms with van der Waals surface area (Å²) in [5, 5.41) is 11.9. The highest BCUT2D eigenvalue weighted by Gasteiger charge is 2.08. The van der Waals surface area contributed by atoms with E-state index in [9.17, 15) is 0 Å². The Kier molecular flexibility index (Phi) is 4.30. The fourth-order valence-corrected chi connectivity index (χ4v) is 1.76. The van der Waals surface area contributed by atoms with Gasteiger partial charge in [0.2, 0.25) is 0 Å². The van der Waals surface area contributed by atoms with E-state index in [1.807, 2.05) is 6.07 Å². The minimum Gasteiger partial charge on any atom is -0.491 e. The number of ether oxygens (including phenoxy) is 1. The van der Waals surface area contributed by atoms with Crippen molar-refractivity contribution in [1.29, 1.82) is 5.26 Å². The van der Waals surface area contributed by atoms with E-state index >= 15 is 0 Å². The van der Waals surface area contributed by atoms with Gasteiger partial charge in [-0.3, -0.25) is 4.90 Å². The average Bonchev–Trinajstić information content (AvgIpc) is 2.41. The summed E-state index contributed by atoms with van der Waals surface area (Å²) in [5.74, 6) is 0.721. The summed E-state index contributed by atoms with van der Waals surface area (Å²) in [5.41, 5.74) is 0.416. The number of hydrogen-bond donors (Lipinski definition) is 1. The van der Waals surface area contributed by atoms with Gasteiger partial charge in [0.1, 0.15) is 24.1 Å². The van der Waals surface area contributed by atoms with E-state index in [1.165, 1.54) is 0 Å². The maximum absolute atomic E-state index is 8.61. The van der Waals surface area contributed by atoms with Crippen molar-refractivity contribution in [3.8, 4) is 11.8 Å². The molecule has 1 fully saturated rings. The first-order chi connectivity index (χ1) is 8.38. The van der Waals surface area contributed by atoms with Crippen molar-refractivity contribution in [3.63, 3.8) is 0 Å².